The summed E-state index contributed by atoms with van der Waals surface area (Å²) >= 11 is 0. The van der Waals surface area contributed by atoms with E-state index in [1.807, 2.05) is 0 Å². The van der Waals surface area contributed by atoms with Gasteiger partial charge in [0, 0.05) is 11.8 Å². The molecule has 0 amide bonds. The zero-order valence-electron chi connectivity index (χ0n) is 39.1. The molecule has 0 N–H and O–H groups in total. The van der Waals surface area contributed by atoms with Gasteiger partial charge in [-0.3, -0.25) is 8.37 Å². The molecule has 0 heterocycles. The van der Waals surface area contributed by atoms with Crippen LogP contribution >= 0.6 is 0 Å². The molecule has 2 atom stereocenters. The molecule has 0 rings (SSSR count). The van der Waals surface area contributed by atoms with E-state index in [2.05, 4.69) is 60.4 Å². The van der Waals surface area contributed by atoms with E-state index in [-0.39, 0.29) is 62.8 Å². The molecule has 0 radical (unpaired) electrons. The summed E-state index contributed by atoms with van der Waals surface area (Å²) in [7, 11) is -9.20. The molecule has 0 aliphatic carbocycles. The summed E-state index contributed by atoms with van der Waals surface area (Å²) in [5, 5.41) is 0. The van der Waals surface area contributed by atoms with E-state index >= 15 is 0 Å². The molecule has 0 fully saturated rings. The molecule has 0 aromatic carbocycles. The van der Waals surface area contributed by atoms with Crippen LogP contribution in [0.15, 0.2) is 24.3 Å². The molecule has 2 unspecified atom stereocenters. The smallest absolute Gasteiger partial charge is 0.726 e. The van der Waals surface area contributed by atoms with Gasteiger partial charge in [0.1, 0.15) is 0 Å². The van der Waals surface area contributed by atoms with E-state index in [9.17, 15) is 25.9 Å². The normalized spacial score (nSPS) is 13.1. The zero-order valence-corrected chi connectivity index (χ0v) is 43.0. The number of unbranched alkanes of at least 4 members (excludes halogenated alkanes) is 30. The molecule has 8 nitrogen and oxygen atoms in total. The first-order valence-corrected chi connectivity index (χ1v) is 27.2. The van der Waals surface area contributed by atoms with Gasteiger partial charge in [0.15, 0.2) is 0 Å². The molecule has 0 saturated carbocycles. The van der Waals surface area contributed by atoms with Crippen LogP contribution in [-0.4, -0.2) is 76.9 Å². The van der Waals surface area contributed by atoms with E-state index in [4.69, 9.17) is 0 Å². The van der Waals surface area contributed by atoms with Gasteiger partial charge in [0.05, 0.1) is 13.2 Å². The summed E-state index contributed by atoms with van der Waals surface area (Å²) < 4.78 is 73.4. The first-order valence-electron chi connectivity index (χ1n) is 24.5. The van der Waals surface area contributed by atoms with Crippen molar-refractivity contribution < 1.29 is 34.3 Å². The molecule has 11 heteroatoms. The topological polar surface area (TPSA) is 133 Å². The van der Waals surface area contributed by atoms with Crippen LogP contribution in [0.2, 0.25) is 0 Å². The third-order valence-corrected chi connectivity index (χ3v) is 11.8. The van der Waals surface area contributed by atoms with Crippen LogP contribution in [0.3, 0.4) is 0 Å². The van der Waals surface area contributed by atoms with Gasteiger partial charge in [0.2, 0.25) is 20.8 Å². The molecule has 0 saturated heterocycles. The van der Waals surface area contributed by atoms with Crippen LogP contribution in [0.5, 0.6) is 0 Å². The van der Waals surface area contributed by atoms with E-state index in [1.54, 1.807) is 0 Å². The number of hydrogen-bond acceptors (Lipinski definition) is 8. The van der Waals surface area contributed by atoms with Gasteiger partial charge in [-0.15, -0.1) is 0 Å². The minimum atomic E-state index is -4.60. The number of hydrogen-bond donors (Lipinski definition) is 0. The fourth-order valence-electron chi connectivity index (χ4n) is 7.26. The molecular formula is C48H94CaO8S2. The Kier molecular flexibility index (Phi) is 53.5. The van der Waals surface area contributed by atoms with Crippen LogP contribution in [-0.2, 0) is 29.2 Å². The summed E-state index contributed by atoms with van der Waals surface area (Å²) in [4.78, 5) is 0. The van der Waals surface area contributed by atoms with Crippen molar-refractivity contribution in [1.82, 2.24) is 0 Å². The van der Waals surface area contributed by atoms with Crippen molar-refractivity contribution in [3.63, 3.8) is 0 Å². The van der Waals surface area contributed by atoms with Gasteiger partial charge in [-0.2, -0.15) is 0 Å². The second-order valence-corrected chi connectivity index (χ2v) is 18.9. The van der Waals surface area contributed by atoms with E-state index in [0.717, 1.165) is 51.4 Å². The summed E-state index contributed by atoms with van der Waals surface area (Å²) in [5.41, 5.74) is 0. The fraction of sp³-hybridized carbons (Fsp3) is 0.917. The minimum Gasteiger partial charge on any atom is -0.726 e. The van der Waals surface area contributed by atoms with Crippen molar-refractivity contribution in [3.05, 3.63) is 24.3 Å². The Hall–Kier alpha value is 0.480. The monoisotopic (exact) mass is 903 g/mol. The van der Waals surface area contributed by atoms with Crippen molar-refractivity contribution in [2.75, 3.05) is 13.2 Å². The Morgan fingerprint density at radius 3 is 0.831 bits per heavy atom. The molecule has 0 aliphatic rings. The second kappa shape index (κ2) is 49.5. The second-order valence-electron chi connectivity index (χ2n) is 16.8. The van der Waals surface area contributed by atoms with Crippen LogP contribution in [0, 0.1) is 11.8 Å². The third-order valence-electron chi connectivity index (χ3n) is 11.0. The Morgan fingerprint density at radius 2 is 0.593 bits per heavy atom. The Morgan fingerprint density at radius 1 is 0.373 bits per heavy atom. The summed E-state index contributed by atoms with van der Waals surface area (Å²) in [6.45, 7) is 8.85. The molecule has 59 heavy (non-hydrogen) atoms. The first kappa shape index (κ1) is 63.8. The molecule has 0 spiro atoms. The predicted molar refractivity (Wildman–Crippen MR) is 251 cm³/mol. The van der Waals surface area contributed by atoms with E-state index in [0.29, 0.717) is 0 Å². The third kappa shape index (κ3) is 58.5. The van der Waals surface area contributed by atoms with Gasteiger partial charge in [0.25, 0.3) is 0 Å². The van der Waals surface area contributed by atoms with Gasteiger partial charge < -0.3 is 9.11 Å². The van der Waals surface area contributed by atoms with Crippen molar-refractivity contribution in [1.29, 1.82) is 0 Å². The molecule has 0 aliphatic heterocycles. The number of rotatable bonds is 44. The summed E-state index contributed by atoms with van der Waals surface area (Å²) in [6, 6.07) is 0. The van der Waals surface area contributed by atoms with Crippen LogP contribution in [0.1, 0.15) is 259 Å². The van der Waals surface area contributed by atoms with Crippen LogP contribution in [0.25, 0.3) is 0 Å². The SMILES string of the molecule is CCCCCCCCCCCCC/C=C/C(CCCCCCC)COS(=O)(=O)[O-].CCCCCCCCCCCCC/C=C/C(CCCCCCC)COS(=O)(=O)[O-].[Ca+2]. The summed E-state index contributed by atoms with van der Waals surface area (Å²) in [6.07, 6.45) is 53.4. The van der Waals surface area contributed by atoms with Crippen molar-refractivity contribution >= 4 is 58.5 Å². The maximum Gasteiger partial charge on any atom is 2.00 e. The van der Waals surface area contributed by atoms with Gasteiger partial charge in [-0.05, 0) is 38.5 Å². The Labute approximate surface area is 398 Å². The molecule has 0 aromatic heterocycles. The molecule has 0 bridgehead atoms. The van der Waals surface area contributed by atoms with Crippen molar-refractivity contribution in [2.24, 2.45) is 11.8 Å². The van der Waals surface area contributed by atoms with Gasteiger partial charge in [-0.25, -0.2) is 16.8 Å². The predicted octanol–water partition coefficient (Wildman–Crippen LogP) is 15.0. The zero-order chi connectivity index (χ0) is 43.3. The quantitative estimate of drug-likeness (QED) is 0.0194. The Balaban J connectivity index is -0.00000105. The fourth-order valence-corrected chi connectivity index (χ4v) is 7.94. The van der Waals surface area contributed by atoms with E-state index in [1.165, 1.54) is 180 Å². The van der Waals surface area contributed by atoms with Crippen molar-refractivity contribution in [2.45, 2.75) is 259 Å². The molecular weight excluding hydrogens is 809 g/mol. The van der Waals surface area contributed by atoms with Crippen LogP contribution < -0.4 is 0 Å². The molecule has 348 valence electrons. The standard InChI is InChI=1S/2C24H48O4S.Ca/c2*1-3-5-7-9-10-11-12-13-14-15-16-18-20-22-24(23-28-29(25,26)27)21-19-17-8-6-4-2;/h2*20,22,24H,3-19,21,23H2,1-2H3,(H,25,26,27);/q;;+2/p-2/b2*22-20+;. The summed E-state index contributed by atoms with van der Waals surface area (Å²) in [5.74, 6) is 0.0427. The maximum atomic E-state index is 10.7. The minimum absolute atomic E-state index is 0. The molecule has 0 aromatic rings. The number of allylic oxidation sites excluding steroid dienone is 2. The average molecular weight is 903 g/mol. The van der Waals surface area contributed by atoms with Gasteiger partial charge >= 0.3 is 37.7 Å². The van der Waals surface area contributed by atoms with Crippen LogP contribution in [0.4, 0.5) is 0 Å². The van der Waals surface area contributed by atoms with Gasteiger partial charge in [-0.1, -0.05) is 245 Å². The first-order chi connectivity index (χ1) is 28.0. The Bertz CT molecular complexity index is 1010. The maximum absolute atomic E-state index is 10.7. The van der Waals surface area contributed by atoms with E-state index < -0.39 is 20.8 Å². The largest absolute Gasteiger partial charge is 2.00 e. The van der Waals surface area contributed by atoms with Crippen molar-refractivity contribution in [3.8, 4) is 0 Å². The average Bonchev–Trinajstić information content (AvgIpc) is 3.18.